The normalized spacial score (nSPS) is 21.2. The number of fused-ring (bicyclic) bond motifs is 1. The molecule has 0 bridgehead atoms. The van der Waals surface area contributed by atoms with Crippen LogP contribution in [-0.2, 0) is 10.3 Å². The second-order valence-electron chi connectivity index (χ2n) is 5.66. The molecule has 0 saturated heterocycles. The average molecular weight is 302 g/mol. The maximum atomic E-state index is 6.46. The fourth-order valence-electron chi connectivity index (χ4n) is 3.17. The number of ether oxygens (including phenoxy) is 1. The second kappa shape index (κ2) is 5.43. The van der Waals surface area contributed by atoms with Gasteiger partial charge in [0, 0.05) is 24.0 Å². The van der Waals surface area contributed by atoms with Gasteiger partial charge in [0.25, 0.3) is 0 Å². The molecule has 0 N–H and O–H groups in total. The van der Waals surface area contributed by atoms with E-state index in [2.05, 4.69) is 42.2 Å². The van der Waals surface area contributed by atoms with Gasteiger partial charge in [0.2, 0.25) is 5.88 Å². The predicted molar refractivity (Wildman–Crippen MR) is 91.4 cm³/mol. The van der Waals surface area contributed by atoms with Gasteiger partial charge in [0.05, 0.1) is 0 Å². The van der Waals surface area contributed by atoms with Crippen molar-refractivity contribution >= 4 is 12.0 Å². The Balaban J connectivity index is 1.85. The smallest absolute Gasteiger partial charge is 0.201 e. The number of nitrogens with zero attached hydrogens (tertiary/aromatic N) is 2. The van der Waals surface area contributed by atoms with Crippen LogP contribution in [0.15, 0.2) is 73.1 Å². The Morgan fingerprint density at radius 1 is 1.04 bits per heavy atom. The van der Waals surface area contributed by atoms with E-state index >= 15 is 0 Å². The molecule has 2 heterocycles. The molecule has 3 aromatic rings. The van der Waals surface area contributed by atoms with Crippen LogP contribution in [0.2, 0.25) is 0 Å². The zero-order valence-electron chi connectivity index (χ0n) is 13.0. The van der Waals surface area contributed by atoms with Crippen LogP contribution in [0.25, 0.3) is 12.0 Å². The molecule has 1 aliphatic rings. The number of hydrogen-bond donors (Lipinski definition) is 0. The van der Waals surface area contributed by atoms with Crippen LogP contribution in [0.1, 0.15) is 30.3 Å². The van der Waals surface area contributed by atoms with Gasteiger partial charge in [-0.3, -0.25) is 4.57 Å². The second-order valence-corrected chi connectivity index (χ2v) is 5.66. The van der Waals surface area contributed by atoms with Crippen molar-refractivity contribution in [3.05, 3.63) is 90.0 Å². The minimum Gasteiger partial charge on any atom is -0.459 e. The molecular formula is C20H18N2O. The third kappa shape index (κ3) is 2.16. The molecule has 0 fully saturated rings. The number of benzene rings is 2. The first-order chi connectivity index (χ1) is 11.3. The third-order valence-corrected chi connectivity index (χ3v) is 4.35. The van der Waals surface area contributed by atoms with E-state index in [1.165, 1.54) is 0 Å². The molecule has 0 amide bonds. The van der Waals surface area contributed by atoms with Gasteiger partial charge in [-0.2, -0.15) is 0 Å². The van der Waals surface area contributed by atoms with Gasteiger partial charge >= 0.3 is 0 Å². The summed E-state index contributed by atoms with van der Waals surface area (Å²) in [7, 11) is 0. The standard InChI is InChI=1S/C20H18N2O/c1-2-20(17-11-7-4-8-12-17)19-21-13-14-22(19)18(23-20)15-16-9-5-3-6-10-16/h3-15H,2H2,1H3/b18-15+. The number of rotatable bonds is 3. The van der Waals surface area contributed by atoms with Crippen molar-refractivity contribution in [2.45, 2.75) is 18.9 Å². The quantitative estimate of drug-likeness (QED) is 0.711. The number of hydrogen-bond acceptors (Lipinski definition) is 2. The highest BCUT2D eigenvalue weighted by molar-refractivity contribution is 5.69. The minimum atomic E-state index is -0.522. The summed E-state index contributed by atoms with van der Waals surface area (Å²) in [6.07, 6.45) is 6.68. The first-order valence-corrected chi connectivity index (χ1v) is 7.89. The Morgan fingerprint density at radius 2 is 1.74 bits per heavy atom. The van der Waals surface area contributed by atoms with Crippen LogP contribution in [0.4, 0.5) is 0 Å². The van der Waals surface area contributed by atoms with Crippen LogP contribution in [-0.4, -0.2) is 9.55 Å². The molecule has 1 aliphatic heterocycles. The molecule has 0 spiro atoms. The maximum Gasteiger partial charge on any atom is 0.201 e. The summed E-state index contributed by atoms with van der Waals surface area (Å²) in [6, 6.07) is 20.5. The van der Waals surface area contributed by atoms with E-state index < -0.39 is 5.60 Å². The van der Waals surface area contributed by atoms with Gasteiger partial charge in [-0.1, -0.05) is 67.6 Å². The molecule has 3 heteroatoms. The van der Waals surface area contributed by atoms with Gasteiger partial charge in [-0.25, -0.2) is 4.98 Å². The molecule has 2 aromatic carbocycles. The molecule has 1 aromatic heterocycles. The molecule has 4 rings (SSSR count). The van der Waals surface area contributed by atoms with Gasteiger partial charge in [0.1, 0.15) is 0 Å². The van der Waals surface area contributed by atoms with Gasteiger partial charge < -0.3 is 4.74 Å². The van der Waals surface area contributed by atoms with Crippen LogP contribution in [0.5, 0.6) is 0 Å². The molecule has 0 radical (unpaired) electrons. The van der Waals surface area contributed by atoms with Crippen LogP contribution < -0.4 is 0 Å². The molecular weight excluding hydrogens is 284 g/mol. The molecule has 1 atom stereocenters. The lowest BCUT2D eigenvalue weighted by Gasteiger charge is -2.26. The van der Waals surface area contributed by atoms with Gasteiger partial charge in [-0.15, -0.1) is 0 Å². The summed E-state index contributed by atoms with van der Waals surface area (Å²) < 4.78 is 8.51. The van der Waals surface area contributed by atoms with Crippen molar-refractivity contribution in [2.75, 3.05) is 0 Å². The monoisotopic (exact) mass is 302 g/mol. The average Bonchev–Trinajstić information content (AvgIpc) is 3.20. The summed E-state index contributed by atoms with van der Waals surface area (Å²) in [6.45, 7) is 2.14. The van der Waals surface area contributed by atoms with Crippen molar-refractivity contribution in [2.24, 2.45) is 0 Å². The number of imidazole rings is 1. The van der Waals surface area contributed by atoms with Crippen molar-refractivity contribution < 1.29 is 4.74 Å². The number of aromatic nitrogens is 2. The van der Waals surface area contributed by atoms with Gasteiger partial charge in [-0.05, 0) is 12.0 Å². The molecule has 114 valence electrons. The lowest BCUT2D eigenvalue weighted by atomic mass is 9.90. The summed E-state index contributed by atoms with van der Waals surface area (Å²) >= 11 is 0. The maximum absolute atomic E-state index is 6.46. The lowest BCUT2D eigenvalue weighted by Crippen LogP contribution is -2.26. The topological polar surface area (TPSA) is 27.1 Å². The van der Waals surface area contributed by atoms with Crippen molar-refractivity contribution in [3.63, 3.8) is 0 Å². The highest BCUT2D eigenvalue weighted by atomic mass is 16.5. The molecule has 23 heavy (non-hydrogen) atoms. The fraction of sp³-hybridized carbons (Fsp3) is 0.150. The third-order valence-electron chi connectivity index (χ3n) is 4.35. The highest BCUT2D eigenvalue weighted by Gasteiger charge is 2.45. The molecule has 3 nitrogen and oxygen atoms in total. The summed E-state index contributed by atoms with van der Waals surface area (Å²) in [5.41, 5.74) is 1.72. The highest BCUT2D eigenvalue weighted by Crippen LogP contribution is 2.45. The Morgan fingerprint density at radius 3 is 2.43 bits per heavy atom. The minimum absolute atomic E-state index is 0.522. The Bertz CT molecular complexity index is 836. The molecule has 0 saturated carbocycles. The van der Waals surface area contributed by atoms with Crippen LogP contribution >= 0.6 is 0 Å². The fourth-order valence-corrected chi connectivity index (χ4v) is 3.17. The van der Waals surface area contributed by atoms with E-state index in [9.17, 15) is 0 Å². The zero-order chi connectivity index (χ0) is 15.7. The van der Waals surface area contributed by atoms with Crippen LogP contribution in [0.3, 0.4) is 0 Å². The summed E-state index contributed by atoms with van der Waals surface area (Å²) in [4.78, 5) is 4.59. The SMILES string of the molecule is CCC1(c2ccccc2)O/C(=C/c2ccccc2)n2ccnc21. The van der Waals surface area contributed by atoms with Crippen molar-refractivity contribution in [1.82, 2.24) is 9.55 Å². The van der Waals surface area contributed by atoms with Crippen LogP contribution in [0, 0.1) is 0 Å². The first-order valence-electron chi connectivity index (χ1n) is 7.89. The van der Waals surface area contributed by atoms with E-state index in [1.807, 2.05) is 53.4 Å². The van der Waals surface area contributed by atoms with E-state index in [4.69, 9.17) is 4.74 Å². The van der Waals surface area contributed by atoms with Crippen molar-refractivity contribution in [1.29, 1.82) is 0 Å². The Hall–Kier alpha value is -2.81. The van der Waals surface area contributed by atoms with E-state index in [0.717, 1.165) is 29.3 Å². The molecule has 0 aliphatic carbocycles. The Labute approximate surface area is 135 Å². The van der Waals surface area contributed by atoms with E-state index in [-0.39, 0.29) is 0 Å². The molecule has 1 unspecified atom stereocenters. The summed E-state index contributed by atoms with van der Waals surface area (Å²) in [5.74, 6) is 1.75. The predicted octanol–water partition coefficient (Wildman–Crippen LogP) is 4.52. The van der Waals surface area contributed by atoms with E-state index in [1.54, 1.807) is 0 Å². The van der Waals surface area contributed by atoms with Gasteiger partial charge in [0.15, 0.2) is 11.4 Å². The lowest BCUT2D eigenvalue weighted by molar-refractivity contribution is 0.0875. The summed E-state index contributed by atoms with van der Waals surface area (Å²) in [5, 5.41) is 0. The van der Waals surface area contributed by atoms with Crippen molar-refractivity contribution in [3.8, 4) is 0 Å². The van der Waals surface area contributed by atoms with E-state index in [0.29, 0.717) is 0 Å². The first kappa shape index (κ1) is 13.8. The zero-order valence-corrected chi connectivity index (χ0v) is 13.0. The largest absolute Gasteiger partial charge is 0.459 e. The Kier molecular flexibility index (Phi) is 3.27.